The molecule has 2 N–H and O–H groups in total. The van der Waals surface area contributed by atoms with Crippen molar-refractivity contribution in [3.05, 3.63) is 61.2 Å². The Labute approximate surface area is 293 Å². The molecule has 0 saturated carbocycles. The fourth-order valence-corrected chi connectivity index (χ4v) is 9.05. The number of alkyl halides is 1. The average molecular weight is 731 g/mol. The minimum absolute atomic E-state index is 0.0502. The van der Waals surface area contributed by atoms with Crippen LogP contribution >= 0.6 is 15.9 Å². The number of allylic oxidation sites excluding steroid dienone is 1. The van der Waals surface area contributed by atoms with E-state index in [9.17, 15) is 24.3 Å². The van der Waals surface area contributed by atoms with Crippen molar-refractivity contribution in [2.75, 3.05) is 26.2 Å². The van der Waals surface area contributed by atoms with Gasteiger partial charge in [0.2, 0.25) is 17.7 Å². The topological polar surface area (TPSA) is 125 Å². The molecule has 7 atom stereocenters. The number of carbonyl (C=O) groups is 4. The molecule has 3 aliphatic rings. The first-order chi connectivity index (χ1) is 22.6. The van der Waals surface area contributed by atoms with E-state index in [4.69, 9.17) is 9.47 Å². The summed E-state index contributed by atoms with van der Waals surface area (Å²) in [4.78, 5) is 59.0. The summed E-state index contributed by atoms with van der Waals surface area (Å²) < 4.78 is 12.8. The molecule has 3 saturated heterocycles. The summed E-state index contributed by atoms with van der Waals surface area (Å²) in [5.74, 6) is -3.37. The molecular formula is C37H52BrN3O7. The van der Waals surface area contributed by atoms with E-state index in [-0.39, 0.29) is 67.0 Å². The van der Waals surface area contributed by atoms with Crippen molar-refractivity contribution >= 4 is 39.6 Å². The smallest absolute Gasteiger partial charge is 0.313 e. The van der Waals surface area contributed by atoms with Crippen LogP contribution in [0.15, 0.2) is 55.6 Å². The molecule has 0 aromatic heterocycles. The molecule has 1 aromatic rings. The fourth-order valence-electron chi connectivity index (χ4n) is 8.11. The van der Waals surface area contributed by atoms with Crippen molar-refractivity contribution < 1.29 is 33.8 Å². The third kappa shape index (κ3) is 7.73. The van der Waals surface area contributed by atoms with Crippen molar-refractivity contribution in [2.24, 2.45) is 17.3 Å². The number of amides is 3. The summed E-state index contributed by atoms with van der Waals surface area (Å²) >= 11 is 3.73. The number of aliphatic hydroxyl groups is 1. The van der Waals surface area contributed by atoms with E-state index in [0.717, 1.165) is 0 Å². The summed E-state index contributed by atoms with van der Waals surface area (Å²) in [5.41, 5.74) is -1.26. The van der Waals surface area contributed by atoms with Crippen LogP contribution < -0.4 is 5.32 Å². The van der Waals surface area contributed by atoms with E-state index in [0.29, 0.717) is 24.8 Å². The van der Waals surface area contributed by atoms with E-state index in [1.165, 1.54) is 4.90 Å². The Morgan fingerprint density at radius 1 is 1.19 bits per heavy atom. The maximum absolute atomic E-state index is 14.8. The number of benzene rings is 1. The summed E-state index contributed by atoms with van der Waals surface area (Å²) in [6.45, 7) is 18.3. The minimum Gasteiger partial charge on any atom is -0.455 e. The SMILES string of the molecule is C=CCCC(=O)NC[C@H](OC(=O)[C@@H]1[C@H]2O[C@@]3(CC2Br)[C@H](C(=O)N(CC=C)C(C)(C)CC(C)(C)C)N(CCCO)C(=O)[C@@H]13)c1ccccc1. The van der Waals surface area contributed by atoms with Gasteiger partial charge >= 0.3 is 5.97 Å². The lowest BCUT2D eigenvalue weighted by atomic mass is 9.70. The van der Waals surface area contributed by atoms with Gasteiger partial charge in [-0.15, -0.1) is 13.2 Å². The molecule has 11 heteroatoms. The highest BCUT2D eigenvalue weighted by Crippen LogP contribution is 2.60. The van der Waals surface area contributed by atoms with Crippen molar-refractivity contribution in [2.45, 2.75) is 101 Å². The highest BCUT2D eigenvalue weighted by atomic mass is 79.9. The largest absolute Gasteiger partial charge is 0.455 e. The summed E-state index contributed by atoms with van der Waals surface area (Å²) in [7, 11) is 0. The average Bonchev–Trinajstić information content (AvgIpc) is 3.61. The number of rotatable bonds is 16. The van der Waals surface area contributed by atoms with Gasteiger partial charge in [-0.05, 0) is 50.5 Å². The van der Waals surface area contributed by atoms with Crippen LogP contribution in [0.3, 0.4) is 0 Å². The molecule has 4 rings (SSSR count). The third-order valence-electron chi connectivity index (χ3n) is 9.61. The third-order valence-corrected chi connectivity index (χ3v) is 10.5. The maximum atomic E-state index is 14.8. The maximum Gasteiger partial charge on any atom is 0.313 e. The molecule has 1 spiro atoms. The number of nitrogens with zero attached hydrogens (tertiary/aromatic N) is 2. The molecule has 3 amide bonds. The van der Waals surface area contributed by atoms with Gasteiger partial charge in [-0.3, -0.25) is 19.2 Å². The monoisotopic (exact) mass is 729 g/mol. The molecule has 1 aromatic carbocycles. The molecule has 10 nitrogen and oxygen atoms in total. The predicted molar refractivity (Wildman–Crippen MR) is 187 cm³/mol. The lowest BCUT2D eigenvalue weighted by Crippen LogP contribution is -2.61. The first-order valence-corrected chi connectivity index (χ1v) is 17.8. The Kier molecular flexibility index (Phi) is 12.0. The van der Waals surface area contributed by atoms with Gasteiger partial charge in [0.25, 0.3) is 0 Å². The number of hydrogen-bond acceptors (Lipinski definition) is 7. The number of likely N-dealkylation sites (tertiary alicyclic amines) is 1. The van der Waals surface area contributed by atoms with Crippen LogP contribution in [-0.2, 0) is 28.7 Å². The van der Waals surface area contributed by atoms with Gasteiger partial charge in [-0.1, -0.05) is 79.2 Å². The molecule has 3 heterocycles. The number of nitrogens with one attached hydrogen (secondary N) is 1. The highest BCUT2D eigenvalue weighted by Gasteiger charge is 2.77. The van der Waals surface area contributed by atoms with Crippen molar-refractivity contribution in [3.63, 3.8) is 0 Å². The van der Waals surface area contributed by atoms with Gasteiger partial charge in [-0.2, -0.15) is 0 Å². The van der Waals surface area contributed by atoms with Gasteiger partial charge in [0.1, 0.15) is 17.7 Å². The van der Waals surface area contributed by atoms with Crippen LogP contribution in [-0.4, -0.2) is 93.0 Å². The minimum atomic E-state index is -1.27. The quantitative estimate of drug-likeness (QED) is 0.143. The Bertz CT molecular complexity index is 1360. The van der Waals surface area contributed by atoms with Gasteiger partial charge < -0.3 is 29.7 Å². The zero-order valence-electron chi connectivity index (χ0n) is 29.0. The molecule has 3 fully saturated rings. The predicted octanol–water partition coefficient (Wildman–Crippen LogP) is 4.71. The lowest BCUT2D eigenvalue weighted by Gasteiger charge is -2.45. The van der Waals surface area contributed by atoms with Crippen molar-refractivity contribution in [1.29, 1.82) is 0 Å². The molecule has 2 bridgehead atoms. The Hall–Kier alpha value is -3.02. The number of ether oxygens (including phenoxy) is 2. The Morgan fingerprint density at radius 2 is 1.88 bits per heavy atom. The van der Waals surface area contributed by atoms with E-state index in [1.807, 2.05) is 44.2 Å². The fraction of sp³-hybridized carbons (Fsp3) is 0.622. The van der Waals surface area contributed by atoms with Crippen LogP contribution in [0.4, 0.5) is 0 Å². The number of halogens is 1. The zero-order chi connectivity index (χ0) is 35.4. The normalized spacial score (nSPS) is 26.9. The standard InChI is InChI=1S/C37H52BrN3O7/c1-8-10-17-27(43)39-22-26(24-15-12-11-13-16-24)47-34(46)28-29-32(44)40(19-14-20-42)31(37(29)21-25(38)30(28)48-37)33(45)41(18-9-2)36(6,7)23-35(3,4)5/h8-9,11-13,15-16,25-26,28-31,42H,1-2,10,14,17-23H2,3-7H3,(H,39,43)/t25?,26-,28-,29+,30-,31-,37+/m0/s1. The van der Waals surface area contributed by atoms with Crippen LogP contribution in [0.5, 0.6) is 0 Å². The zero-order valence-corrected chi connectivity index (χ0v) is 30.5. The molecule has 48 heavy (non-hydrogen) atoms. The number of hydrogen-bond donors (Lipinski definition) is 2. The van der Waals surface area contributed by atoms with Crippen LogP contribution in [0.2, 0.25) is 0 Å². The summed E-state index contributed by atoms with van der Waals surface area (Å²) in [5, 5.41) is 12.6. The number of aliphatic hydroxyl groups excluding tert-OH is 1. The second-order valence-corrected chi connectivity index (χ2v) is 16.2. The van der Waals surface area contributed by atoms with Crippen molar-refractivity contribution in [1.82, 2.24) is 15.1 Å². The molecule has 0 aliphatic carbocycles. The van der Waals surface area contributed by atoms with E-state index in [1.54, 1.807) is 17.1 Å². The lowest BCUT2D eigenvalue weighted by molar-refractivity contribution is -0.160. The van der Waals surface area contributed by atoms with E-state index >= 15 is 0 Å². The summed E-state index contributed by atoms with van der Waals surface area (Å²) in [6, 6.07) is 8.13. The Balaban J connectivity index is 1.69. The molecule has 3 aliphatic heterocycles. The number of carbonyl (C=O) groups excluding carboxylic acids is 4. The van der Waals surface area contributed by atoms with Gasteiger partial charge in [0.05, 0.1) is 24.5 Å². The first kappa shape index (κ1) is 37.8. The van der Waals surface area contributed by atoms with E-state index < -0.39 is 47.2 Å². The van der Waals surface area contributed by atoms with Crippen molar-refractivity contribution in [3.8, 4) is 0 Å². The number of esters is 1. The second kappa shape index (κ2) is 15.3. The molecule has 1 unspecified atom stereocenters. The second-order valence-electron chi connectivity index (χ2n) is 15.0. The number of fused-ring (bicyclic) bond motifs is 1. The van der Waals surface area contributed by atoms with Crippen LogP contribution in [0.1, 0.15) is 78.4 Å². The molecule has 264 valence electrons. The van der Waals surface area contributed by atoms with Gasteiger partial charge in [0.15, 0.2) is 0 Å². The van der Waals surface area contributed by atoms with Gasteiger partial charge in [-0.25, -0.2) is 0 Å². The molecular weight excluding hydrogens is 678 g/mol. The van der Waals surface area contributed by atoms with Crippen LogP contribution in [0.25, 0.3) is 0 Å². The Morgan fingerprint density at radius 3 is 2.48 bits per heavy atom. The molecule has 0 radical (unpaired) electrons. The summed E-state index contributed by atoms with van der Waals surface area (Å²) in [6.07, 6.45) is 3.94. The van der Waals surface area contributed by atoms with E-state index in [2.05, 4.69) is 55.2 Å². The van der Waals surface area contributed by atoms with Crippen LogP contribution in [0, 0.1) is 17.3 Å². The highest BCUT2D eigenvalue weighted by molar-refractivity contribution is 9.09. The first-order valence-electron chi connectivity index (χ1n) is 16.9. The van der Waals surface area contributed by atoms with Gasteiger partial charge in [0, 0.05) is 36.5 Å².